The van der Waals surface area contributed by atoms with Crippen molar-refractivity contribution >= 4 is 17.2 Å². The third kappa shape index (κ3) is 4.14. The van der Waals surface area contributed by atoms with Crippen LogP contribution in [0.1, 0.15) is 35.9 Å². The summed E-state index contributed by atoms with van der Waals surface area (Å²) in [4.78, 5) is 14.9. The molecule has 0 saturated heterocycles. The summed E-state index contributed by atoms with van der Waals surface area (Å²) in [5, 5.41) is 2.18. The maximum atomic E-state index is 10.9. The largest absolute Gasteiger partial charge is 0.490 e. The summed E-state index contributed by atoms with van der Waals surface area (Å²) < 4.78 is 11.1. The maximum Gasteiger partial charge on any atom is 0.255 e. The predicted octanol–water partition coefficient (Wildman–Crippen LogP) is 3.13. The molecule has 1 aliphatic rings. The number of fused-ring (bicyclic) bond motifs is 1. The summed E-state index contributed by atoms with van der Waals surface area (Å²) in [5.74, 6) is 0.707. The molecule has 1 atom stereocenters. The minimum atomic E-state index is -0.500. The van der Waals surface area contributed by atoms with Crippen molar-refractivity contribution in [1.29, 1.82) is 0 Å². The van der Waals surface area contributed by atoms with Crippen molar-refractivity contribution in [1.82, 2.24) is 4.90 Å². The van der Waals surface area contributed by atoms with E-state index in [9.17, 15) is 4.79 Å². The highest BCUT2D eigenvalue weighted by Gasteiger charge is 2.24. The third-order valence-electron chi connectivity index (χ3n) is 4.47. The zero-order valence-corrected chi connectivity index (χ0v) is 15.5. The lowest BCUT2D eigenvalue weighted by Crippen LogP contribution is -2.32. The lowest BCUT2D eigenvalue weighted by atomic mass is 10.0. The molecule has 1 aromatic carbocycles. The van der Waals surface area contributed by atoms with Gasteiger partial charge in [0.15, 0.2) is 18.1 Å². The van der Waals surface area contributed by atoms with Crippen LogP contribution in [0.3, 0.4) is 0 Å². The number of nitrogens with zero attached hydrogens (tertiary/aromatic N) is 1. The van der Waals surface area contributed by atoms with Gasteiger partial charge in [-0.3, -0.25) is 9.69 Å². The van der Waals surface area contributed by atoms with E-state index in [0.717, 1.165) is 19.5 Å². The van der Waals surface area contributed by atoms with Gasteiger partial charge in [0.2, 0.25) is 0 Å². The molecule has 6 heteroatoms. The zero-order valence-electron chi connectivity index (χ0n) is 14.7. The minimum Gasteiger partial charge on any atom is -0.490 e. The second kappa shape index (κ2) is 7.89. The van der Waals surface area contributed by atoms with Gasteiger partial charge in [0.1, 0.15) is 0 Å². The first-order chi connectivity index (χ1) is 12.1. The fourth-order valence-electron chi connectivity index (χ4n) is 3.20. The Morgan fingerprint density at radius 2 is 2.16 bits per heavy atom. The molecule has 1 aromatic heterocycles. The summed E-state index contributed by atoms with van der Waals surface area (Å²) in [6, 6.07) is 8.53. The first-order valence-corrected chi connectivity index (χ1v) is 9.43. The molecule has 25 heavy (non-hydrogen) atoms. The first-order valence-electron chi connectivity index (χ1n) is 8.55. The highest BCUT2D eigenvalue weighted by molar-refractivity contribution is 7.10. The summed E-state index contributed by atoms with van der Waals surface area (Å²) in [5.41, 5.74) is 7.77. The molecule has 2 heterocycles. The first kappa shape index (κ1) is 17.8. The summed E-state index contributed by atoms with van der Waals surface area (Å²) in [6.07, 6.45) is 1.11. The maximum absolute atomic E-state index is 10.9. The number of hydrogen-bond acceptors (Lipinski definition) is 5. The molecule has 0 unspecified atom stereocenters. The van der Waals surface area contributed by atoms with Gasteiger partial charge in [0.25, 0.3) is 5.91 Å². The van der Waals surface area contributed by atoms with Crippen LogP contribution in [0.2, 0.25) is 0 Å². The lowest BCUT2D eigenvalue weighted by Gasteiger charge is -2.33. The van der Waals surface area contributed by atoms with Crippen LogP contribution in [0, 0.1) is 0 Å². The Morgan fingerprint density at radius 1 is 1.32 bits per heavy atom. The summed E-state index contributed by atoms with van der Waals surface area (Å²) in [7, 11) is 0. The Morgan fingerprint density at radius 3 is 2.92 bits per heavy atom. The van der Waals surface area contributed by atoms with Crippen molar-refractivity contribution in [2.75, 3.05) is 19.8 Å². The van der Waals surface area contributed by atoms with Crippen molar-refractivity contribution in [3.8, 4) is 11.5 Å². The molecule has 0 bridgehead atoms. The van der Waals surface area contributed by atoms with E-state index in [1.54, 1.807) is 0 Å². The van der Waals surface area contributed by atoms with Crippen molar-refractivity contribution < 1.29 is 14.3 Å². The highest BCUT2D eigenvalue weighted by atomic mass is 32.1. The van der Waals surface area contributed by atoms with Crippen molar-refractivity contribution in [2.24, 2.45) is 5.73 Å². The Bertz CT molecular complexity index is 744. The van der Waals surface area contributed by atoms with Gasteiger partial charge < -0.3 is 15.2 Å². The van der Waals surface area contributed by atoms with Crippen molar-refractivity contribution in [3.63, 3.8) is 0 Å². The van der Waals surface area contributed by atoms with E-state index in [1.165, 1.54) is 16.0 Å². The number of ether oxygens (including phenoxy) is 2. The SMILES string of the molecule is CCOc1cc(CN2CCc3sccc3[C@@H]2C)ccc1OCC(N)=O. The second-order valence-corrected chi connectivity index (χ2v) is 7.17. The Labute approximate surface area is 152 Å². The molecule has 2 aromatic rings. The van der Waals surface area contributed by atoms with Crippen LogP contribution >= 0.6 is 11.3 Å². The van der Waals surface area contributed by atoms with Crippen LogP contribution in [-0.4, -0.2) is 30.6 Å². The fourth-order valence-corrected chi connectivity index (χ4v) is 4.16. The van der Waals surface area contributed by atoms with E-state index in [1.807, 2.05) is 36.5 Å². The van der Waals surface area contributed by atoms with Gasteiger partial charge in [-0.15, -0.1) is 11.3 Å². The molecular weight excluding hydrogens is 336 g/mol. The van der Waals surface area contributed by atoms with E-state index in [4.69, 9.17) is 15.2 Å². The van der Waals surface area contributed by atoms with E-state index < -0.39 is 5.91 Å². The number of benzene rings is 1. The number of thiophene rings is 1. The normalized spacial score (nSPS) is 17.1. The number of carbonyl (C=O) groups excluding carboxylic acids is 1. The van der Waals surface area contributed by atoms with E-state index in [0.29, 0.717) is 24.1 Å². The van der Waals surface area contributed by atoms with Gasteiger partial charge in [-0.1, -0.05) is 6.07 Å². The van der Waals surface area contributed by atoms with Gasteiger partial charge in [-0.2, -0.15) is 0 Å². The lowest BCUT2D eigenvalue weighted by molar-refractivity contribution is -0.119. The minimum absolute atomic E-state index is 0.149. The monoisotopic (exact) mass is 360 g/mol. The molecule has 2 N–H and O–H groups in total. The number of rotatable bonds is 7. The average Bonchev–Trinajstić information content (AvgIpc) is 3.06. The smallest absolute Gasteiger partial charge is 0.255 e. The van der Waals surface area contributed by atoms with Crippen LogP contribution in [0.5, 0.6) is 11.5 Å². The fraction of sp³-hybridized carbons (Fsp3) is 0.421. The van der Waals surface area contributed by atoms with Gasteiger partial charge in [-0.05, 0) is 55.0 Å². The molecular formula is C19H24N2O3S. The molecule has 3 rings (SSSR count). The molecule has 0 radical (unpaired) electrons. The summed E-state index contributed by atoms with van der Waals surface area (Å²) >= 11 is 1.86. The van der Waals surface area contributed by atoms with Gasteiger partial charge in [0, 0.05) is 24.0 Å². The Kier molecular flexibility index (Phi) is 5.60. The van der Waals surface area contributed by atoms with Crippen molar-refractivity contribution in [3.05, 3.63) is 45.6 Å². The molecule has 134 valence electrons. The van der Waals surface area contributed by atoms with Crippen LogP contribution in [0.15, 0.2) is 29.6 Å². The molecule has 1 amide bonds. The Hall–Kier alpha value is -2.05. The Balaban J connectivity index is 1.74. The molecule has 0 aliphatic carbocycles. The highest BCUT2D eigenvalue weighted by Crippen LogP contribution is 2.35. The molecule has 0 saturated carbocycles. The standard InChI is InChI=1S/C19H24N2O3S/c1-3-23-17-10-14(4-5-16(17)24-12-19(20)22)11-21-8-6-18-15(13(21)2)7-9-25-18/h4-5,7,9-10,13H,3,6,8,11-12H2,1-2H3,(H2,20,22)/t13-/m0/s1. The molecule has 0 fully saturated rings. The second-order valence-electron chi connectivity index (χ2n) is 6.16. The zero-order chi connectivity index (χ0) is 17.8. The quantitative estimate of drug-likeness (QED) is 0.824. The van der Waals surface area contributed by atoms with E-state index in [2.05, 4.69) is 23.3 Å². The van der Waals surface area contributed by atoms with Crippen LogP contribution in [0.4, 0.5) is 0 Å². The van der Waals surface area contributed by atoms with Crippen LogP contribution in [-0.2, 0) is 17.8 Å². The molecule has 0 spiro atoms. The third-order valence-corrected chi connectivity index (χ3v) is 5.46. The van der Waals surface area contributed by atoms with Gasteiger partial charge >= 0.3 is 0 Å². The van der Waals surface area contributed by atoms with Crippen LogP contribution in [0.25, 0.3) is 0 Å². The molecule has 5 nitrogen and oxygen atoms in total. The number of amides is 1. The number of hydrogen-bond donors (Lipinski definition) is 1. The number of nitrogens with two attached hydrogens (primary N) is 1. The predicted molar refractivity (Wildman–Crippen MR) is 99.1 cm³/mol. The van der Waals surface area contributed by atoms with Gasteiger partial charge in [0.05, 0.1) is 6.61 Å². The van der Waals surface area contributed by atoms with Crippen LogP contribution < -0.4 is 15.2 Å². The van der Waals surface area contributed by atoms with Crippen molar-refractivity contribution in [2.45, 2.75) is 32.9 Å². The van der Waals surface area contributed by atoms with E-state index in [-0.39, 0.29) is 6.61 Å². The topological polar surface area (TPSA) is 64.8 Å². The average molecular weight is 360 g/mol. The number of primary amides is 1. The molecule has 1 aliphatic heterocycles. The van der Waals surface area contributed by atoms with E-state index >= 15 is 0 Å². The number of carbonyl (C=O) groups is 1. The summed E-state index contributed by atoms with van der Waals surface area (Å²) in [6.45, 7) is 6.48. The van der Waals surface area contributed by atoms with Gasteiger partial charge in [-0.25, -0.2) is 0 Å².